The van der Waals surface area contributed by atoms with Gasteiger partial charge in [-0.25, -0.2) is 13.4 Å². The van der Waals surface area contributed by atoms with Gasteiger partial charge in [-0.1, -0.05) is 0 Å². The van der Waals surface area contributed by atoms with Crippen LogP contribution in [0.1, 0.15) is 18.4 Å². The monoisotopic (exact) mass is 374 g/mol. The zero-order valence-corrected chi connectivity index (χ0v) is 15.5. The van der Waals surface area contributed by atoms with E-state index in [0.717, 1.165) is 30.0 Å². The molecule has 2 aromatic heterocycles. The highest BCUT2D eigenvalue weighted by Gasteiger charge is 2.41. The van der Waals surface area contributed by atoms with Crippen molar-refractivity contribution in [1.82, 2.24) is 19.5 Å². The SMILES string of the molecule is Cc1ccnc(Nc2ccc(N3CCN(S(=O)(=O)C4CC4)CC3)nn2)c1. The van der Waals surface area contributed by atoms with Crippen LogP contribution < -0.4 is 10.2 Å². The molecule has 2 aromatic rings. The molecule has 0 unspecified atom stereocenters. The van der Waals surface area contributed by atoms with E-state index in [9.17, 15) is 8.42 Å². The number of aryl methyl sites for hydroxylation is 1. The summed E-state index contributed by atoms with van der Waals surface area (Å²) < 4.78 is 26.2. The number of pyridine rings is 1. The van der Waals surface area contributed by atoms with Crippen LogP contribution in [0.2, 0.25) is 0 Å². The third kappa shape index (κ3) is 3.63. The molecule has 9 heteroatoms. The predicted octanol–water partition coefficient (Wildman–Crippen LogP) is 1.54. The Morgan fingerprint density at radius 2 is 1.81 bits per heavy atom. The van der Waals surface area contributed by atoms with Crippen molar-refractivity contribution in [3.05, 3.63) is 36.0 Å². The fraction of sp³-hybridized carbons (Fsp3) is 0.471. The number of hydrogen-bond donors (Lipinski definition) is 1. The van der Waals surface area contributed by atoms with E-state index < -0.39 is 10.0 Å². The average Bonchev–Trinajstić information content (AvgIpc) is 3.48. The molecule has 0 bridgehead atoms. The normalized spacial score (nSPS) is 18.7. The van der Waals surface area contributed by atoms with Crippen LogP contribution >= 0.6 is 0 Å². The van der Waals surface area contributed by atoms with Crippen LogP contribution in [0, 0.1) is 6.92 Å². The summed E-state index contributed by atoms with van der Waals surface area (Å²) in [6, 6.07) is 7.63. The maximum Gasteiger partial charge on any atom is 0.217 e. The molecule has 138 valence electrons. The predicted molar refractivity (Wildman–Crippen MR) is 100 cm³/mol. The van der Waals surface area contributed by atoms with Crippen LogP contribution in [0.4, 0.5) is 17.5 Å². The maximum atomic E-state index is 12.3. The molecule has 2 aliphatic rings. The molecule has 4 rings (SSSR count). The Hall–Kier alpha value is -2.26. The van der Waals surface area contributed by atoms with Crippen molar-refractivity contribution in [2.45, 2.75) is 25.0 Å². The van der Waals surface area contributed by atoms with Crippen LogP contribution in [0.5, 0.6) is 0 Å². The zero-order valence-electron chi connectivity index (χ0n) is 14.7. The molecule has 0 atom stereocenters. The Bertz CT molecular complexity index is 874. The molecule has 26 heavy (non-hydrogen) atoms. The van der Waals surface area contributed by atoms with Gasteiger partial charge >= 0.3 is 0 Å². The lowest BCUT2D eigenvalue weighted by Crippen LogP contribution is -2.49. The fourth-order valence-corrected chi connectivity index (χ4v) is 4.87. The van der Waals surface area contributed by atoms with Crippen LogP contribution in [0.3, 0.4) is 0 Å². The quantitative estimate of drug-likeness (QED) is 0.849. The minimum Gasteiger partial charge on any atom is -0.352 e. The largest absolute Gasteiger partial charge is 0.352 e. The van der Waals surface area contributed by atoms with E-state index in [0.29, 0.717) is 32.0 Å². The second-order valence-electron chi connectivity index (χ2n) is 6.75. The third-order valence-electron chi connectivity index (χ3n) is 4.69. The molecule has 0 aromatic carbocycles. The summed E-state index contributed by atoms with van der Waals surface area (Å²) in [6.45, 7) is 4.28. The summed E-state index contributed by atoms with van der Waals surface area (Å²) in [5, 5.41) is 11.5. The highest BCUT2D eigenvalue weighted by Crippen LogP contribution is 2.31. The van der Waals surface area contributed by atoms with Gasteiger partial charge in [-0.2, -0.15) is 4.31 Å². The number of sulfonamides is 1. The van der Waals surface area contributed by atoms with Crippen molar-refractivity contribution in [3.8, 4) is 0 Å². The Balaban J connectivity index is 1.37. The lowest BCUT2D eigenvalue weighted by atomic mass is 10.3. The summed E-state index contributed by atoms with van der Waals surface area (Å²) >= 11 is 0. The van der Waals surface area contributed by atoms with Gasteiger partial charge < -0.3 is 10.2 Å². The highest BCUT2D eigenvalue weighted by molar-refractivity contribution is 7.90. The third-order valence-corrected chi connectivity index (χ3v) is 7.09. The Labute approximate surface area is 153 Å². The van der Waals surface area contributed by atoms with Gasteiger partial charge in [0.15, 0.2) is 11.6 Å². The first-order valence-electron chi connectivity index (χ1n) is 8.80. The molecule has 0 spiro atoms. The molecule has 1 aliphatic carbocycles. The number of nitrogens with one attached hydrogen (secondary N) is 1. The molecule has 1 saturated heterocycles. The van der Waals surface area contributed by atoms with Crippen molar-refractivity contribution in [2.24, 2.45) is 0 Å². The summed E-state index contributed by atoms with van der Waals surface area (Å²) in [4.78, 5) is 6.32. The number of hydrogen-bond acceptors (Lipinski definition) is 7. The van der Waals surface area contributed by atoms with Gasteiger partial charge in [-0.05, 0) is 49.6 Å². The van der Waals surface area contributed by atoms with Gasteiger partial charge in [0.05, 0.1) is 5.25 Å². The molecule has 1 saturated carbocycles. The second-order valence-corrected chi connectivity index (χ2v) is 8.96. The fourth-order valence-electron chi connectivity index (χ4n) is 3.04. The molecule has 8 nitrogen and oxygen atoms in total. The number of piperazine rings is 1. The molecular weight excluding hydrogens is 352 g/mol. The molecule has 2 fully saturated rings. The number of nitrogens with zero attached hydrogens (tertiary/aromatic N) is 5. The zero-order chi connectivity index (χ0) is 18.1. The van der Waals surface area contributed by atoms with E-state index in [1.165, 1.54) is 0 Å². The molecule has 0 amide bonds. The van der Waals surface area contributed by atoms with E-state index >= 15 is 0 Å². The van der Waals surface area contributed by atoms with Crippen LogP contribution in [0.25, 0.3) is 0 Å². The van der Waals surface area contributed by atoms with Gasteiger partial charge in [0.25, 0.3) is 0 Å². The Kier molecular flexibility index (Phi) is 4.49. The first-order valence-corrected chi connectivity index (χ1v) is 10.3. The molecular formula is C17H22N6O2S. The van der Waals surface area contributed by atoms with E-state index in [1.807, 2.05) is 31.2 Å². The topological polar surface area (TPSA) is 91.3 Å². The van der Waals surface area contributed by atoms with Gasteiger partial charge in [0.2, 0.25) is 10.0 Å². The summed E-state index contributed by atoms with van der Waals surface area (Å²) in [7, 11) is -3.09. The Morgan fingerprint density at radius 3 is 2.42 bits per heavy atom. The van der Waals surface area contributed by atoms with Gasteiger partial charge in [0.1, 0.15) is 5.82 Å². The first-order chi connectivity index (χ1) is 12.5. The lowest BCUT2D eigenvalue weighted by Gasteiger charge is -2.34. The standard InChI is InChI=1S/C17H22N6O2S/c1-13-6-7-18-16(12-13)19-15-4-5-17(21-20-15)22-8-10-23(11-9-22)26(24,25)14-2-3-14/h4-7,12,14H,2-3,8-11H2,1H3,(H,18,19,20). The van der Waals surface area contributed by atoms with E-state index in [4.69, 9.17) is 0 Å². The Morgan fingerprint density at radius 1 is 1.04 bits per heavy atom. The molecule has 3 heterocycles. The molecule has 0 radical (unpaired) electrons. The van der Waals surface area contributed by atoms with Crippen molar-refractivity contribution >= 4 is 27.5 Å². The van der Waals surface area contributed by atoms with E-state index in [-0.39, 0.29) is 5.25 Å². The average molecular weight is 374 g/mol. The van der Waals surface area contributed by atoms with E-state index in [1.54, 1.807) is 10.5 Å². The maximum absolute atomic E-state index is 12.3. The number of rotatable bonds is 5. The minimum absolute atomic E-state index is 0.144. The number of aromatic nitrogens is 3. The smallest absolute Gasteiger partial charge is 0.217 e. The summed E-state index contributed by atoms with van der Waals surface area (Å²) in [6.07, 6.45) is 3.35. The highest BCUT2D eigenvalue weighted by atomic mass is 32.2. The second kappa shape index (κ2) is 6.81. The van der Waals surface area contributed by atoms with Crippen molar-refractivity contribution < 1.29 is 8.42 Å². The van der Waals surface area contributed by atoms with E-state index in [2.05, 4.69) is 25.4 Å². The van der Waals surface area contributed by atoms with Crippen LogP contribution in [-0.4, -0.2) is 59.3 Å². The molecule has 1 N–H and O–H groups in total. The summed E-state index contributed by atoms with van der Waals surface area (Å²) in [5.74, 6) is 2.11. The van der Waals surface area contributed by atoms with Crippen molar-refractivity contribution in [2.75, 3.05) is 36.4 Å². The minimum atomic E-state index is -3.09. The lowest BCUT2D eigenvalue weighted by molar-refractivity contribution is 0.383. The van der Waals surface area contributed by atoms with Gasteiger partial charge in [-0.3, -0.25) is 0 Å². The van der Waals surface area contributed by atoms with Crippen LogP contribution in [0.15, 0.2) is 30.5 Å². The van der Waals surface area contributed by atoms with Crippen molar-refractivity contribution in [1.29, 1.82) is 0 Å². The molecule has 1 aliphatic heterocycles. The van der Waals surface area contributed by atoms with Crippen molar-refractivity contribution in [3.63, 3.8) is 0 Å². The van der Waals surface area contributed by atoms with Crippen LogP contribution in [-0.2, 0) is 10.0 Å². The first kappa shape index (κ1) is 17.2. The van der Waals surface area contributed by atoms with Gasteiger partial charge in [-0.15, -0.1) is 10.2 Å². The van der Waals surface area contributed by atoms with Gasteiger partial charge in [0, 0.05) is 32.4 Å². The summed E-state index contributed by atoms with van der Waals surface area (Å²) in [5.41, 5.74) is 1.12. The number of anilines is 3.